The first-order valence-corrected chi connectivity index (χ1v) is 6.14. The molecule has 78 valence electrons. The smallest absolute Gasteiger partial charge is 0.0934 e. The van der Waals surface area contributed by atoms with Crippen LogP contribution in [0.5, 0.6) is 0 Å². The topological polar surface area (TPSA) is 33.1 Å². The van der Waals surface area contributed by atoms with Gasteiger partial charge in [0.05, 0.1) is 5.01 Å². The van der Waals surface area contributed by atoms with E-state index in [1.165, 1.54) is 30.7 Å². The van der Waals surface area contributed by atoms with Gasteiger partial charge in [-0.05, 0) is 25.2 Å². The van der Waals surface area contributed by atoms with E-state index in [2.05, 4.69) is 10.4 Å². The van der Waals surface area contributed by atoms with Gasteiger partial charge in [-0.2, -0.15) is 0 Å². The van der Waals surface area contributed by atoms with Crippen LogP contribution in [0.2, 0.25) is 0 Å². The fourth-order valence-electron chi connectivity index (χ4n) is 2.32. The minimum absolute atomic E-state index is 0.157. The Kier molecular flexibility index (Phi) is 2.88. The second-order valence-corrected chi connectivity index (χ2v) is 5.37. The van der Waals surface area contributed by atoms with E-state index in [0.29, 0.717) is 6.61 Å². The van der Waals surface area contributed by atoms with Crippen LogP contribution in [0.25, 0.3) is 0 Å². The van der Waals surface area contributed by atoms with Gasteiger partial charge in [0.1, 0.15) is 0 Å². The van der Waals surface area contributed by atoms with Crippen molar-refractivity contribution in [1.29, 1.82) is 0 Å². The first kappa shape index (κ1) is 10.1. The zero-order valence-electron chi connectivity index (χ0n) is 8.62. The molecule has 0 saturated heterocycles. The molecule has 2 rings (SSSR count). The first-order chi connectivity index (χ1) is 6.74. The van der Waals surface area contributed by atoms with Gasteiger partial charge in [-0.15, -0.1) is 11.3 Å². The number of nitrogens with zero attached hydrogens (tertiary/aromatic N) is 1. The van der Waals surface area contributed by atoms with Gasteiger partial charge in [-0.25, -0.2) is 4.98 Å². The van der Waals surface area contributed by atoms with Crippen LogP contribution >= 0.6 is 11.3 Å². The van der Waals surface area contributed by atoms with Crippen molar-refractivity contribution in [3.63, 3.8) is 0 Å². The molecule has 14 heavy (non-hydrogen) atoms. The molecule has 3 heteroatoms. The SMILES string of the molecule is Cc1csc(CC2(CO)CCCC2)n1. The van der Waals surface area contributed by atoms with E-state index in [9.17, 15) is 5.11 Å². The number of aliphatic hydroxyl groups is 1. The number of aryl methyl sites for hydroxylation is 1. The van der Waals surface area contributed by atoms with Gasteiger partial charge in [0.25, 0.3) is 0 Å². The Morgan fingerprint density at radius 2 is 2.21 bits per heavy atom. The molecule has 1 heterocycles. The lowest BCUT2D eigenvalue weighted by molar-refractivity contribution is 0.130. The van der Waals surface area contributed by atoms with Gasteiger partial charge < -0.3 is 5.11 Å². The first-order valence-electron chi connectivity index (χ1n) is 5.26. The predicted octanol–water partition coefficient (Wildman–Crippen LogP) is 2.55. The Bertz CT molecular complexity index is 302. The molecule has 0 radical (unpaired) electrons. The minimum Gasteiger partial charge on any atom is -0.396 e. The highest BCUT2D eigenvalue weighted by Gasteiger charge is 2.34. The lowest BCUT2D eigenvalue weighted by Crippen LogP contribution is -2.24. The van der Waals surface area contributed by atoms with Crippen LogP contribution < -0.4 is 0 Å². The number of hydrogen-bond donors (Lipinski definition) is 1. The summed E-state index contributed by atoms with van der Waals surface area (Å²) in [5.41, 5.74) is 1.26. The molecule has 0 aromatic carbocycles. The molecule has 0 amide bonds. The van der Waals surface area contributed by atoms with Gasteiger partial charge >= 0.3 is 0 Å². The van der Waals surface area contributed by atoms with E-state index < -0.39 is 0 Å². The highest BCUT2D eigenvalue weighted by molar-refractivity contribution is 7.09. The fourth-order valence-corrected chi connectivity index (χ4v) is 3.27. The molecule has 1 N–H and O–H groups in total. The predicted molar refractivity (Wildman–Crippen MR) is 58.5 cm³/mol. The molecule has 1 aromatic heterocycles. The maximum Gasteiger partial charge on any atom is 0.0934 e. The largest absolute Gasteiger partial charge is 0.396 e. The summed E-state index contributed by atoms with van der Waals surface area (Å²) in [4.78, 5) is 4.47. The van der Waals surface area contributed by atoms with E-state index in [1.807, 2.05) is 6.92 Å². The number of hydrogen-bond acceptors (Lipinski definition) is 3. The van der Waals surface area contributed by atoms with Crippen molar-refractivity contribution < 1.29 is 5.11 Å². The summed E-state index contributed by atoms with van der Waals surface area (Å²) in [5.74, 6) is 0. The van der Waals surface area contributed by atoms with Gasteiger partial charge in [-0.1, -0.05) is 12.8 Å². The molecule has 0 spiro atoms. The second-order valence-electron chi connectivity index (χ2n) is 4.42. The average Bonchev–Trinajstić information content (AvgIpc) is 2.77. The van der Waals surface area contributed by atoms with Crippen LogP contribution in [0.15, 0.2) is 5.38 Å². The molecule has 0 aliphatic heterocycles. The summed E-state index contributed by atoms with van der Waals surface area (Å²) in [5, 5.41) is 12.7. The van der Waals surface area contributed by atoms with Crippen LogP contribution in [0.4, 0.5) is 0 Å². The Hall–Kier alpha value is -0.410. The number of aliphatic hydroxyl groups excluding tert-OH is 1. The molecule has 1 aromatic rings. The molecular weight excluding hydrogens is 194 g/mol. The maximum absolute atomic E-state index is 9.46. The van der Waals surface area contributed by atoms with E-state index in [4.69, 9.17) is 0 Å². The van der Waals surface area contributed by atoms with Crippen LogP contribution in [0.3, 0.4) is 0 Å². The van der Waals surface area contributed by atoms with Gasteiger partial charge in [-0.3, -0.25) is 0 Å². The Labute approximate surface area is 89.0 Å². The molecule has 0 bridgehead atoms. The van der Waals surface area contributed by atoms with Crippen LogP contribution in [-0.4, -0.2) is 16.7 Å². The number of thiazole rings is 1. The fraction of sp³-hybridized carbons (Fsp3) is 0.727. The third-order valence-corrected chi connectivity index (χ3v) is 4.16. The monoisotopic (exact) mass is 211 g/mol. The number of rotatable bonds is 3. The molecule has 2 nitrogen and oxygen atoms in total. The van der Waals surface area contributed by atoms with E-state index in [0.717, 1.165) is 12.1 Å². The Morgan fingerprint density at radius 1 is 1.50 bits per heavy atom. The van der Waals surface area contributed by atoms with Crippen molar-refractivity contribution in [3.8, 4) is 0 Å². The summed E-state index contributed by atoms with van der Waals surface area (Å²) in [7, 11) is 0. The molecule has 1 fully saturated rings. The van der Waals surface area contributed by atoms with E-state index in [1.54, 1.807) is 11.3 Å². The molecule has 0 unspecified atom stereocenters. The van der Waals surface area contributed by atoms with Crippen molar-refractivity contribution in [2.45, 2.75) is 39.0 Å². The summed E-state index contributed by atoms with van der Waals surface area (Å²) < 4.78 is 0. The third kappa shape index (κ3) is 1.98. The van der Waals surface area contributed by atoms with Crippen molar-refractivity contribution in [2.75, 3.05) is 6.61 Å². The summed E-state index contributed by atoms with van der Waals surface area (Å²) >= 11 is 1.73. The normalized spacial score (nSPS) is 20.1. The Morgan fingerprint density at radius 3 is 2.71 bits per heavy atom. The van der Waals surface area contributed by atoms with Gasteiger partial charge in [0.2, 0.25) is 0 Å². The van der Waals surface area contributed by atoms with Crippen molar-refractivity contribution in [2.24, 2.45) is 5.41 Å². The molecule has 0 atom stereocenters. The van der Waals surface area contributed by atoms with Crippen molar-refractivity contribution >= 4 is 11.3 Å². The standard InChI is InChI=1S/C11H17NOS/c1-9-7-14-10(12-9)6-11(8-13)4-2-3-5-11/h7,13H,2-6,8H2,1H3. The number of aromatic nitrogens is 1. The summed E-state index contributed by atoms with van der Waals surface area (Å²) in [6.45, 7) is 2.35. The summed E-state index contributed by atoms with van der Waals surface area (Å²) in [6, 6.07) is 0. The molecule has 1 saturated carbocycles. The quantitative estimate of drug-likeness (QED) is 0.833. The van der Waals surface area contributed by atoms with Crippen LogP contribution in [0, 0.1) is 12.3 Å². The average molecular weight is 211 g/mol. The van der Waals surface area contributed by atoms with Crippen LogP contribution in [-0.2, 0) is 6.42 Å². The highest BCUT2D eigenvalue weighted by atomic mass is 32.1. The Balaban J connectivity index is 2.08. The van der Waals surface area contributed by atoms with E-state index in [-0.39, 0.29) is 5.41 Å². The molecule has 1 aliphatic carbocycles. The van der Waals surface area contributed by atoms with Crippen LogP contribution in [0.1, 0.15) is 36.4 Å². The van der Waals surface area contributed by atoms with Crippen molar-refractivity contribution in [3.05, 3.63) is 16.1 Å². The van der Waals surface area contributed by atoms with Gasteiger partial charge in [0.15, 0.2) is 0 Å². The summed E-state index contributed by atoms with van der Waals surface area (Å²) in [6.07, 6.45) is 5.85. The molecular formula is C11H17NOS. The molecule has 1 aliphatic rings. The third-order valence-electron chi connectivity index (χ3n) is 3.19. The van der Waals surface area contributed by atoms with Gasteiger partial charge in [0, 0.05) is 24.1 Å². The zero-order valence-corrected chi connectivity index (χ0v) is 9.44. The minimum atomic E-state index is 0.157. The maximum atomic E-state index is 9.46. The lowest BCUT2D eigenvalue weighted by Gasteiger charge is -2.24. The zero-order chi connectivity index (χ0) is 10.0. The lowest BCUT2D eigenvalue weighted by atomic mass is 9.84. The second kappa shape index (κ2) is 3.99. The van der Waals surface area contributed by atoms with Crippen molar-refractivity contribution in [1.82, 2.24) is 4.98 Å². The van der Waals surface area contributed by atoms with E-state index >= 15 is 0 Å². The highest BCUT2D eigenvalue weighted by Crippen LogP contribution is 2.40.